The SMILES string of the molecule is CCC#CCN1CCN(c2ccccc2)C(=O)C1. The molecule has 1 aliphatic heterocycles. The molecular weight excluding hydrogens is 224 g/mol. The van der Waals surface area contributed by atoms with E-state index >= 15 is 0 Å². The molecule has 1 aromatic rings. The zero-order chi connectivity index (χ0) is 12.8. The van der Waals surface area contributed by atoms with Crippen molar-refractivity contribution in [2.75, 3.05) is 31.1 Å². The normalized spacial score (nSPS) is 16.3. The van der Waals surface area contributed by atoms with Crippen molar-refractivity contribution < 1.29 is 4.79 Å². The van der Waals surface area contributed by atoms with E-state index in [1.807, 2.05) is 42.2 Å². The van der Waals surface area contributed by atoms with Gasteiger partial charge in [0, 0.05) is 25.2 Å². The molecule has 0 unspecified atom stereocenters. The van der Waals surface area contributed by atoms with E-state index in [4.69, 9.17) is 0 Å². The Hall–Kier alpha value is -1.79. The van der Waals surface area contributed by atoms with Crippen molar-refractivity contribution in [3.05, 3.63) is 30.3 Å². The van der Waals surface area contributed by atoms with Crippen LogP contribution in [0.1, 0.15) is 13.3 Å². The topological polar surface area (TPSA) is 23.6 Å². The van der Waals surface area contributed by atoms with Gasteiger partial charge < -0.3 is 4.90 Å². The fourth-order valence-electron chi connectivity index (χ4n) is 2.03. The molecule has 0 aliphatic carbocycles. The first kappa shape index (κ1) is 12.7. The summed E-state index contributed by atoms with van der Waals surface area (Å²) < 4.78 is 0. The molecule has 18 heavy (non-hydrogen) atoms. The van der Waals surface area contributed by atoms with Gasteiger partial charge in [-0.05, 0) is 12.1 Å². The van der Waals surface area contributed by atoms with Gasteiger partial charge in [-0.2, -0.15) is 0 Å². The van der Waals surface area contributed by atoms with Gasteiger partial charge >= 0.3 is 0 Å². The highest BCUT2D eigenvalue weighted by atomic mass is 16.2. The lowest BCUT2D eigenvalue weighted by Crippen LogP contribution is -2.50. The first-order chi connectivity index (χ1) is 8.81. The molecule has 0 atom stereocenters. The Kier molecular flexibility index (Phi) is 4.38. The van der Waals surface area contributed by atoms with Gasteiger partial charge in [0.25, 0.3) is 0 Å². The average Bonchev–Trinajstić information content (AvgIpc) is 2.40. The Bertz CT molecular complexity index is 458. The maximum absolute atomic E-state index is 12.1. The zero-order valence-corrected chi connectivity index (χ0v) is 10.7. The molecule has 3 nitrogen and oxygen atoms in total. The second-order valence-corrected chi connectivity index (χ2v) is 4.30. The Morgan fingerprint density at radius 1 is 1.17 bits per heavy atom. The van der Waals surface area contributed by atoms with Gasteiger partial charge in [-0.25, -0.2) is 0 Å². The van der Waals surface area contributed by atoms with E-state index in [1.165, 1.54) is 0 Å². The van der Waals surface area contributed by atoms with E-state index in [0.717, 1.165) is 25.2 Å². The predicted octanol–water partition coefficient (Wildman–Crippen LogP) is 1.75. The Labute approximate surface area is 108 Å². The van der Waals surface area contributed by atoms with E-state index in [9.17, 15) is 4.79 Å². The van der Waals surface area contributed by atoms with E-state index < -0.39 is 0 Å². The summed E-state index contributed by atoms with van der Waals surface area (Å²) in [4.78, 5) is 16.0. The maximum atomic E-state index is 12.1. The molecular formula is C15H18N2O. The number of anilines is 1. The Morgan fingerprint density at radius 3 is 2.61 bits per heavy atom. The van der Waals surface area contributed by atoms with E-state index in [-0.39, 0.29) is 5.91 Å². The number of piperazine rings is 1. The lowest BCUT2D eigenvalue weighted by atomic mass is 10.2. The number of amides is 1. The molecule has 1 amide bonds. The molecule has 0 radical (unpaired) electrons. The lowest BCUT2D eigenvalue weighted by Gasteiger charge is -2.33. The monoisotopic (exact) mass is 242 g/mol. The van der Waals surface area contributed by atoms with Gasteiger partial charge in [0.1, 0.15) is 0 Å². The molecule has 0 bridgehead atoms. The van der Waals surface area contributed by atoms with Crippen LogP contribution in [0.5, 0.6) is 0 Å². The fraction of sp³-hybridized carbons (Fsp3) is 0.400. The van der Waals surface area contributed by atoms with Crippen molar-refractivity contribution in [2.24, 2.45) is 0 Å². The van der Waals surface area contributed by atoms with Crippen LogP contribution in [0.4, 0.5) is 5.69 Å². The summed E-state index contributed by atoms with van der Waals surface area (Å²) in [5, 5.41) is 0. The lowest BCUT2D eigenvalue weighted by molar-refractivity contribution is -0.121. The molecule has 0 spiro atoms. The molecule has 3 heteroatoms. The molecule has 0 aromatic heterocycles. The summed E-state index contributed by atoms with van der Waals surface area (Å²) in [6, 6.07) is 9.84. The van der Waals surface area contributed by atoms with Crippen molar-refractivity contribution in [3.8, 4) is 11.8 Å². The fourth-order valence-corrected chi connectivity index (χ4v) is 2.03. The summed E-state index contributed by atoms with van der Waals surface area (Å²) in [5.74, 6) is 6.28. The van der Waals surface area contributed by atoms with Crippen LogP contribution in [0.25, 0.3) is 0 Å². The number of benzene rings is 1. The van der Waals surface area contributed by atoms with Gasteiger partial charge in [0.2, 0.25) is 5.91 Å². The van der Waals surface area contributed by atoms with Gasteiger partial charge in [-0.1, -0.05) is 31.0 Å². The first-order valence-electron chi connectivity index (χ1n) is 6.34. The number of carbonyl (C=O) groups excluding carboxylic acids is 1. The van der Waals surface area contributed by atoms with Crippen molar-refractivity contribution in [1.29, 1.82) is 0 Å². The summed E-state index contributed by atoms with van der Waals surface area (Å²) in [5.41, 5.74) is 0.988. The van der Waals surface area contributed by atoms with E-state index in [1.54, 1.807) is 0 Å². The first-order valence-corrected chi connectivity index (χ1v) is 6.34. The standard InChI is InChI=1S/C15H18N2O/c1-2-3-7-10-16-11-12-17(15(18)13-16)14-8-5-4-6-9-14/h4-6,8-9H,2,10-13H2,1H3. The number of rotatable bonds is 2. The third kappa shape index (κ3) is 3.12. The highest BCUT2D eigenvalue weighted by molar-refractivity contribution is 5.95. The number of para-hydroxylation sites is 1. The highest BCUT2D eigenvalue weighted by Crippen LogP contribution is 2.16. The molecule has 2 rings (SSSR count). The van der Waals surface area contributed by atoms with Crippen LogP contribution < -0.4 is 4.90 Å². The minimum atomic E-state index is 0.158. The summed E-state index contributed by atoms with van der Waals surface area (Å²) >= 11 is 0. The quantitative estimate of drug-likeness (QED) is 0.738. The number of hydrogen-bond acceptors (Lipinski definition) is 2. The maximum Gasteiger partial charge on any atom is 0.241 e. The minimum Gasteiger partial charge on any atom is -0.310 e. The van der Waals surface area contributed by atoms with Gasteiger partial charge in [-0.3, -0.25) is 9.69 Å². The molecule has 1 aromatic carbocycles. The predicted molar refractivity (Wildman–Crippen MR) is 73.3 cm³/mol. The van der Waals surface area contributed by atoms with Gasteiger partial charge in [-0.15, -0.1) is 5.92 Å². The number of carbonyl (C=O) groups is 1. The third-order valence-electron chi connectivity index (χ3n) is 2.97. The summed E-state index contributed by atoms with van der Waals surface area (Å²) in [6.07, 6.45) is 0.873. The smallest absolute Gasteiger partial charge is 0.241 e. The van der Waals surface area contributed by atoms with Crippen LogP contribution in [-0.4, -0.2) is 37.0 Å². The van der Waals surface area contributed by atoms with E-state index in [2.05, 4.69) is 16.7 Å². The Morgan fingerprint density at radius 2 is 1.94 bits per heavy atom. The second kappa shape index (κ2) is 6.23. The number of hydrogen-bond donors (Lipinski definition) is 0. The zero-order valence-electron chi connectivity index (χ0n) is 10.7. The van der Waals surface area contributed by atoms with Crippen LogP contribution in [0.2, 0.25) is 0 Å². The molecule has 1 fully saturated rings. The van der Waals surface area contributed by atoms with Crippen molar-refractivity contribution >= 4 is 11.6 Å². The van der Waals surface area contributed by atoms with Crippen LogP contribution in [0.3, 0.4) is 0 Å². The molecule has 1 heterocycles. The molecule has 1 saturated heterocycles. The van der Waals surface area contributed by atoms with Gasteiger partial charge in [0.05, 0.1) is 13.1 Å². The van der Waals surface area contributed by atoms with Crippen LogP contribution >= 0.6 is 0 Å². The van der Waals surface area contributed by atoms with Crippen molar-refractivity contribution in [1.82, 2.24) is 4.90 Å². The minimum absolute atomic E-state index is 0.158. The van der Waals surface area contributed by atoms with Gasteiger partial charge in [0.15, 0.2) is 0 Å². The van der Waals surface area contributed by atoms with Crippen molar-refractivity contribution in [2.45, 2.75) is 13.3 Å². The van der Waals surface area contributed by atoms with Crippen LogP contribution in [-0.2, 0) is 4.79 Å². The number of nitrogens with zero attached hydrogens (tertiary/aromatic N) is 2. The largest absolute Gasteiger partial charge is 0.310 e. The van der Waals surface area contributed by atoms with Crippen molar-refractivity contribution in [3.63, 3.8) is 0 Å². The second-order valence-electron chi connectivity index (χ2n) is 4.30. The molecule has 1 aliphatic rings. The van der Waals surface area contributed by atoms with Crippen LogP contribution in [0.15, 0.2) is 30.3 Å². The van der Waals surface area contributed by atoms with E-state index in [0.29, 0.717) is 13.1 Å². The Balaban J connectivity index is 1.95. The molecule has 94 valence electrons. The van der Waals surface area contributed by atoms with Crippen LogP contribution in [0, 0.1) is 11.8 Å². The molecule has 0 saturated carbocycles. The highest BCUT2D eigenvalue weighted by Gasteiger charge is 2.23. The summed E-state index contributed by atoms with van der Waals surface area (Å²) in [6.45, 7) is 4.83. The average molecular weight is 242 g/mol. The third-order valence-corrected chi connectivity index (χ3v) is 2.97. The molecule has 0 N–H and O–H groups in total. The summed E-state index contributed by atoms with van der Waals surface area (Å²) in [7, 11) is 0.